The number of phenolic OH excluding ortho intramolecular Hbond substituents is 3. The average Bonchev–Trinajstić information content (AvgIpc) is 2.80. The fourth-order valence-corrected chi connectivity index (χ4v) is 3.08. The van der Waals surface area contributed by atoms with Gasteiger partial charge in [-0.25, -0.2) is 0 Å². The first-order valence-corrected chi connectivity index (χ1v) is 10.3. The van der Waals surface area contributed by atoms with Gasteiger partial charge in [-0.2, -0.15) is 0 Å². The highest BCUT2D eigenvalue weighted by Gasteiger charge is 2.01. The standard InChI is InChI=1S/C15H16O3.C12H10O2/c16-8-3-9-18-15-7-2-5-13(11-15)12-4-1-6-14(17)10-12;13-11-5-1-3-9(7-11)10-4-2-6-12(14)8-10/h1-2,4-7,10-11,16-17H,3,8-9H2;1-8,13-14H. The SMILES string of the molecule is OCCCOc1cccc(-c2cccc(O)c2)c1.Oc1cccc(-c2cccc(O)c2)c1. The molecule has 32 heavy (non-hydrogen) atoms. The van der Waals surface area contributed by atoms with Crippen molar-refractivity contribution in [2.75, 3.05) is 13.2 Å². The topological polar surface area (TPSA) is 90.2 Å². The summed E-state index contributed by atoms with van der Waals surface area (Å²) in [6.07, 6.45) is 0.621. The summed E-state index contributed by atoms with van der Waals surface area (Å²) >= 11 is 0. The molecule has 0 atom stereocenters. The van der Waals surface area contributed by atoms with Crippen molar-refractivity contribution in [1.29, 1.82) is 0 Å². The average molecular weight is 431 g/mol. The second-order valence-electron chi connectivity index (χ2n) is 7.10. The summed E-state index contributed by atoms with van der Waals surface area (Å²) < 4.78 is 5.52. The Hall–Kier alpha value is -3.96. The van der Waals surface area contributed by atoms with E-state index in [2.05, 4.69) is 0 Å². The van der Waals surface area contributed by atoms with E-state index in [9.17, 15) is 15.3 Å². The van der Waals surface area contributed by atoms with E-state index in [1.54, 1.807) is 48.5 Å². The number of ether oxygens (including phenoxy) is 1. The molecule has 4 rings (SSSR count). The van der Waals surface area contributed by atoms with Crippen LogP contribution in [0.3, 0.4) is 0 Å². The molecule has 0 heterocycles. The van der Waals surface area contributed by atoms with Crippen LogP contribution >= 0.6 is 0 Å². The molecule has 0 saturated heterocycles. The molecule has 0 aliphatic carbocycles. The van der Waals surface area contributed by atoms with Gasteiger partial charge < -0.3 is 25.2 Å². The predicted molar refractivity (Wildman–Crippen MR) is 126 cm³/mol. The number of benzene rings is 4. The van der Waals surface area contributed by atoms with Gasteiger partial charge in [0.2, 0.25) is 0 Å². The molecule has 0 unspecified atom stereocenters. The summed E-state index contributed by atoms with van der Waals surface area (Å²) in [5, 5.41) is 36.7. The molecule has 0 amide bonds. The zero-order chi connectivity index (χ0) is 22.8. The molecule has 0 fully saturated rings. The maximum atomic E-state index is 9.46. The third kappa shape index (κ3) is 6.79. The molecule has 0 aliphatic rings. The number of rotatable bonds is 6. The van der Waals surface area contributed by atoms with E-state index < -0.39 is 0 Å². The van der Waals surface area contributed by atoms with Crippen LogP contribution in [-0.4, -0.2) is 33.6 Å². The quantitative estimate of drug-likeness (QED) is 0.300. The smallest absolute Gasteiger partial charge is 0.119 e. The Morgan fingerprint density at radius 3 is 1.34 bits per heavy atom. The van der Waals surface area contributed by atoms with E-state index in [1.807, 2.05) is 48.5 Å². The van der Waals surface area contributed by atoms with Crippen molar-refractivity contribution in [2.45, 2.75) is 6.42 Å². The Morgan fingerprint density at radius 2 is 0.938 bits per heavy atom. The van der Waals surface area contributed by atoms with Crippen molar-refractivity contribution in [1.82, 2.24) is 0 Å². The lowest BCUT2D eigenvalue weighted by Gasteiger charge is -2.07. The third-order valence-electron chi connectivity index (χ3n) is 4.61. The minimum absolute atomic E-state index is 0.131. The van der Waals surface area contributed by atoms with Crippen molar-refractivity contribution >= 4 is 0 Å². The Morgan fingerprint density at radius 1 is 0.531 bits per heavy atom. The van der Waals surface area contributed by atoms with Crippen molar-refractivity contribution in [3.8, 4) is 45.3 Å². The van der Waals surface area contributed by atoms with Crippen LogP contribution in [0.4, 0.5) is 0 Å². The summed E-state index contributed by atoms with van der Waals surface area (Å²) in [5.41, 5.74) is 3.72. The van der Waals surface area contributed by atoms with Crippen LogP contribution in [0.2, 0.25) is 0 Å². The van der Waals surface area contributed by atoms with Crippen LogP contribution in [0.25, 0.3) is 22.3 Å². The lowest BCUT2D eigenvalue weighted by molar-refractivity contribution is 0.233. The molecule has 0 aliphatic heterocycles. The Kier molecular flexibility index (Phi) is 8.12. The molecule has 5 heteroatoms. The van der Waals surface area contributed by atoms with Crippen LogP contribution in [0.5, 0.6) is 23.0 Å². The van der Waals surface area contributed by atoms with Gasteiger partial charge in [0.05, 0.1) is 6.61 Å². The number of hydrogen-bond donors (Lipinski definition) is 4. The van der Waals surface area contributed by atoms with Crippen LogP contribution in [-0.2, 0) is 0 Å². The molecule has 0 aromatic heterocycles. The van der Waals surface area contributed by atoms with Crippen molar-refractivity contribution in [2.24, 2.45) is 0 Å². The molecule has 0 bridgehead atoms. The van der Waals surface area contributed by atoms with Crippen LogP contribution in [0.1, 0.15) is 6.42 Å². The highest BCUT2D eigenvalue weighted by Crippen LogP contribution is 2.27. The van der Waals surface area contributed by atoms with E-state index >= 15 is 0 Å². The minimum Gasteiger partial charge on any atom is -0.508 e. The van der Waals surface area contributed by atoms with Crippen LogP contribution < -0.4 is 4.74 Å². The molecule has 4 N–H and O–H groups in total. The van der Waals surface area contributed by atoms with Gasteiger partial charge in [-0.3, -0.25) is 0 Å². The van der Waals surface area contributed by atoms with Gasteiger partial charge in [-0.05, 0) is 70.8 Å². The van der Waals surface area contributed by atoms with Crippen molar-refractivity contribution < 1.29 is 25.2 Å². The predicted octanol–water partition coefficient (Wildman–Crippen LogP) is 5.59. The molecule has 0 saturated carbocycles. The normalized spacial score (nSPS) is 10.2. The summed E-state index contributed by atoms with van der Waals surface area (Å²) in [4.78, 5) is 0. The Bertz CT molecular complexity index is 1100. The number of aromatic hydroxyl groups is 3. The number of hydrogen-bond acceptors (Lipinski definition) is 5. The van der Waals surface area contributed by atoms with Gasteiger partial charge in [-0.15, -0.1) is 0 Å². The second kappa shape index (κ2) is 11.4. The van der Waals surface area contributed by atoms with E-state index in [0.717, 1.165) is 28.0 Å². The zero-order valence-corrected chi connectivity index (χ0v) is 17.6. The zero-order valence-electron chi connectivity index (χ0n) is 17.6. The molecule has 5 nitrogen and oxygen atoms in total. The first-order valence-electron chi connectivity index (χ1n) is 10.3. The van der Waals surface area contributed by atoms with Gasteiger partial charge in [0.1, 0.15) is 23.0 Å². The lowest BCUT2D eigenvalue weighted by Crippen LogP contribution is -1.99. The largest absolute Gasteiger partial charge is 0.508 e. The summed E-state index contributed by atoms with van der Waals surface area (Å²) in [6.45, 7) is 0.631. The number of aliphatic hydroxyl groups is 1. The van der Waals surface area contributed by atoms with Gasteiger partial charge in [0.15, 0.2) is 0 Å². The van der Waals surface area contributed by atoms with E-state index in [4.69, 9.17) is 9.84 Å². The number of phenols is 3. The lowest BCUT2D eigenvalue weighted by atomic mass is 10.1. The monoisotopic (exact) mass is 430 g/mol. The van der Waals surface area contributed by atoms with E-state index in [1.165, 1.54) is 0 Å². The first-order chi connectivity index (χ1) is 15.5. The summed E-state index contributed by atoms with van der Waals surface area (Å²) in [5.74, 6) is 1.47. The van der Waals surface area contributed by atoms with Crippen molar-refractivity contribution in [3.63, 3.8) is 0 Å². The maximum absolute atomic E-state index is 9.46. The minimum atomic E-state index is 0.131. The molecular formula is C27H26O5. The highest BCUT2D eigenvalue weighted by molar-refractivity contribution is 5.67. The molecule has 4 aromatic carbocycles. The molecule has 4 aromatic rings. The second-order valence-corrected chi connectivity index (χ2v) is 7.10. The molecule has 0 radical (unpaired) electrons. The van der Waals surface area contributed by atoms with E-state index in [-0.39, 0.29) is 23.9 Å². The first kappa shape index (κ1) is 22.7. The fraction of sp³-hybridized carbons (Fsp3) is 0.111. The van der Waals surface area contributed by atoms with Gasteiger partial charge in [0.25, 0.3) is 0 Å². The van der Waals surface area contributed by atoms with E-state index in [0.29, 0.717) is 13.0 Å². The number of aliphatic hydroxyl groups excluding tert-OH is 1. The fourth-order valence-electron chi connectivity index (χ4n) is 3.08. The van der Waals surface area contributed by atoms with Crippen LogP contribution in [0.15, 0.2) is 97.1 Å². The molecule has 0 spiro atoms. The van der Waals surface area contributed by atoms with Gasteiger partial charge in [0, 0.05) is 13.0 Å². The molecule has 164 valence electrons. The van der Waals surface area contributed by atoms with Gasteiger partial charge in [-0.1, -0.05) is 48.5 Å². The summed E-state index contributed by atoms with van der Waals surface area (Å²) in [7, 11) is 0. The Labute approximate surface area is 187 Å². The molecular weight excluding hydrogens is 404 g/mol. The summed E-state index contributed by atoms with van der Waals surface area (Å²) in [6, 6.07) is 28.7. The van der Waals surface area contributed by atoms with Crippen molar-refractivity contribution in [3.05, 3.63) is 97.1 Å². The third-order valence-corrected chi connectivity index (χ3v) is 4.61. The van der Waals surface area contributed by atoms with Gasteiger partial charge >= 0.3 is 0 Å². The highest BCUT2D eigenvalue weighted by atomic mass is 16.5. The van der Waals surface area contributed by atoms with Crippen LogP contribution in [0, 0.1) is 0 Å². The maximum Gasteiger partial charge on any atom is 0.119 e. The Balaban J connectivity index is 0.000000186.